The van der Waals surface area contributed by atoms with E-state index in [2.05, 4.69) is 29.3 Å². The van der Waals surface area contributed by atoms with Crippen molar-refractivity contribution in [1.29, 1.82) is 0 Å². The molecule has 0 N–H and O–H groups in total. The highest BCUT2D eigenvalue weighted by Gasteiger charge is 2.51. The third-order valence-electron chi connectivity index (χ3n) is 7.02. The molecule has 38 heavy (non-hydrogen) atoms. The Hall–Kier alpha value is -3.32. The topological polar surface area (TPSA) is 66.0 Å². The van der Waals surface area contributed by atoms with E-state index in [9.17, 15) is 0 Å². The van der Waals surface area contributed by atoms with Gasteiger partial charge in [-0.3, -0.25) is 0 Å². The average molecular weight is 566 g/mol. The minimum atomic E-state index is -0.287. The van der Waals surface area contributed by atoms with Crippen molar-refractivity contribution in [2.45, 2.75) is 31.6 Å². The number of rotatable bonds is 7. The zero-order chi connectivity index (χ0) is 26.4. The summed E-state index contributed by atoms with van der Waals surface area (Å²) < 4.78 is 13.5. The van der Waals surface area contributed by atoms with Crippen LogP contribution in [0.1, 0.15) is 36.8 Å². The van der Waals surface area contributed by atoms with Gasteiger partial charge in [0.15, 0.2) is 5.69 Å². The van der Waals surface area contributed by atoms with Crippen LogP contribution in [0, 0.1) is 0 Å². The lowest BCUT2D eigenvalue weighted by molar-refractivity contribution is 0.414. The smallest absolute Gasteiger partial charge is 0.268 e. The minimum Gasteiger partial charge on any atom is -0.497 e. The lowest BCUT2D eigenvalue weighted by atomic mass is 9.96. The Morgan fingerprint density at radius 3 is 2.26 bits per heavy atom. The summed E-state index contributed by atoms with van der Waals surface area (Å²) in [6.45, 7) is 2.07. The first-order valence-electron chi connectivity index (χ1n) is 12.3. The molecule has 0 radical (unpaired) electrons. The maximum absolute atomic E-state index is 6.63. The van der Waals surface area contributed by atoms with E-state index in [1.807, 2.05) is 47.1 Å². The van der Waals surface area contributed by atoms with E-state index in [0.717, 1.165) is 41.0 Å². The molecule has 9 heteroatoms. The van der Waals surface area contributed by atoms with Crippen LogP contribution in [0.5, 0.6) is 5.75 Å². The number of hydrogen-bond acceptors (Lipinski definition) is 5. The van der Waals surface area contributed by atoms with Gasteiger partial charge in [-0.2, -0.15) is 5.10 Å². The van der Waals surface area contributed by atoms with Crippen molar-refractivity contribution in [3.63, 3.8) is 0 Å². The largest absolute Gasteiger partial charge is 0.497 e. The third kappa shape index (κ3) is 4.27. The van der Waals surface area contributed by atoms with Crippen LogP contribution in [-0.4, -0.2) is 27.1 Å². The number of halogens is 3. The molecule has 0 amide bonds. The van der Waals surface area contributed by atoms with E-state index in [0.29, 0.717) is 44.7 Å². The van der Waals surface area contributed by atoms with E-state index >= 15 is 0 Å². The molecule has 192 valence electrons. The zero-order valence-electron chi connectivity index (χ0n) is 20.7. The van der Waals surface area contributed by atoms with Crippen molar-refractivity contribution in [1.82, 2.24) is 20.0 Å². The molecular formula is C29H23Cl3N4O2. The van der Waals surface area contributed by atoms with E-state index in [4.69, 9.17) is 49.1 Å². The van der Waals surface area contributed by atoms with E-state index < -0.39 is 0 Å². The van der Waals surface area contributed by atoms with Gasteiger partial charge in [0.05, 0.1) is 28.9 Å². The number of benzene rings is 3. The molecule has 0 unspecified atom stereocenters. The summed E-state index contributed by atoms with van der Waals surface area (Å²) in [6, 6.07) is 21.0. The zero-order valence-corrected chi connectivity index (χ0v) is 23.0. The molecule has 0 atom stereocenters. The molecule has 5 aromatic rings. The molecule has 6 nitrogen and oxygen atoms in total. The predicted molar refractivity (Wildman–Crippen MR) is 150 cm³/mol. The standard InChI is InChI=1S/C29H23Cl3N4O2/c1-3-22-25(27-33-34-28(38-27)29(14-15-29)18-6-11-21(37-2)12-7-18)35-36(24-13-10-20(31)16-23(24)32)26(22)17-4-8-19(30)9-5-17/h4-13,16H,3,14-15H2,1-2H3. The second-order valence-electron chi connectivity index (χ2n) is 9.27. The molecule has 6 rings (SSSR count). The molecule has 3 aromatic carbocycles. The molecule has 2 heterocycles. The molecule has 1 aliphatic rings. The quantitative estimate of drug-likeness (QED) is 0.199. The number of hydrogen-bond donors (Lipinski definition) is 0. The van der Waals surface area contributed by atoms with Crippen LogP contribution >= 0.6 is 34.8 Å². The Kier molecular flexibility index (Phi) is 6.42. The predicted octanol–water partition coefficient (Wildman–Crippen LogP) is 8.20. The number of ether oxygens (including phenoxy) is 1. The average Bonchev–Trinajstić information content (AvgIpc) is 3.42. The normalized spacial score (nSPS) is 14.0. The molecular weight excluding hydrogens is 543 g/mol. The fourth-order valence-corrected chi connectivity index (χ4v) is 5.48. The Bertz CT molecular complexity index is 1620. The molecule has 0 saturated heterocycles. The molecule has 1 fully saturated rings. The van der Waals surface area contributed by atoms with E-state index in [1.54, 1.807) is 19.2 Å². The van der Waals surface area contributed by atoms with Crippen LogP contribution in [0.3, 0.4) is 0 Å². The minimum absolute atomic E-state index is 0.287. The van der Waals surface area contributed by atoms with Gasteiger partial charge in [0.2, 0.25) is 5.89 Å². The summed E-state index contributed by atoms with van der Waals surface area (Å²) in [5.74, 6) is 1.77. The van der Waals surface area contributed by atoms with Gasteiger partial charge in [-0.05, 0) is 67.3 Å². The summed E-state index contributed by atoms with van der Waals surface area (Å²) in [5.41, 5.74) is 4.93. The van der Waals surface area contributed by atoms with Gasteiger partial charge in [0.1, 0.15) is 5.75 Å². The summed E-state index contributed by atoms with van der Waals surface area (Å²) in [7, 11) is 1.66. The van der Waals surface area contributed by atoms with Crippen LogP contribution in [0.25, 0.3) is 28.5 Å². The van der Waals surface area contributed by atoms with Crippen LogP contribution in [0.2, 0.25) is 15.1 Å². The van der Waals surface area contributed by atoms with Gasteiger partial charge in [0, 0.05) is 21.2 Å². The second-order valence-corrected chi connectivity index (χ2v) is 10.5. The van der Waals surface area contributed by atoms with Gasteiger partial charge in [-0.1, -0.05) is 66.0 Å². The van der Waals surface area contributed by atoms with Gasteiger partial charge in [0.25, 0.3) is 5.89 Å². The molecule has 0 spiro atoms. The van der Waals surface area contributed by atoms with Crippen molar-refractivity contribution < 1.29 is 9.15 Å². The van der Waals surface area contributed by atoms with Crippen molar-refractivity contribution in [2.24, 2.45) is 0 Å². The first kappa shape index (κ1) is 25.0. The Morgan fingerprint density at radius 2 is 1.63 bits per heavy atom. The van der Waals surface area contributed by atoms with Crippen LogP contribution < -0.4 is 4.74 Å². The first-order chi connectivity index (χ1) is 18.4. The van der Waals surface area contributed by atoms with Crippen molar-refractivity contribution in [3.8, 4) is 34.3 Å². The highest BCUT2D eigenvalue weighted by molar-refractivity contribution is 6.35. The van der Waals surface area contributed by atoms with E-state index in [1.165, 1.54) is 0 Å². The lowest BCUT2D eigenvalue weighted by Crippen LogP contribution is -2.09. The maximum atomic E-state index is 6.63. The SMILES string of the molecule is CCc1c(-c2nnc(C3(c4ccc(OC)cc4)CC3)o2)nn(-c2ccc(Cl)cc2Cl)c1-c1ccc(Cl)cc1. The van der Waals surface area contributed by atoms with Gasteiger partial charge in [-0.15, -0.1) is 10.2 Å². The van der Waals surface area contributed by atoms with Gasteiger partial charge < -0.3 is 9.15 Å². The maximum Gasteiger partial charge on any atom is 0.268 e. The monoisotopic (exact) mass is 564 g/mol. The number of methoxy groups -OCH3 is 1. The third-order valence-corrected chi connectivity index (χ3v) is 7.81. The van der Waals surface area contributed by atoms with Crippen molar-refractivity contribution in [2.75, 3.05) is 7.11 Å². The molecule has 0 bridgehead atoms. The van der Waals surface area contributed by atoms with E-state index in [-0.39, 0.29) is 5.41 Å². The lowest BCUT2D eigenvalue weighted by Gasteiger charge is -2.11. The number of nitrogens with zero attached hydrogens (tertiary/aromatic N) is 4. The van der Waals surface area contributed by atoms with Gasteiger partial charge in [-0.25, -0.2) is 4.68 Å². The Balaban J connectivity index is 1.49. The van der Waals surface area contributed by atoms with Crippen molar-refractivity contribution >= 4 is 34.8 Å². The second kappa shape index (κ2) is 9.77. The molecule has 2 aromatic heterocycles. The van der Waals surface area contributed by atoms with Crippen LogP contribution in [0.15, 0.2) is 71.1 Å². The number of aromatic nitrogens is 4. The Morgan fingerprint density at radius 1 is 0.921 bits per heavy atom. The van der Waals surface area contributed by atoms with Gasteiger partial charge >= 0.3 is 0 Å². The summed E-state index contributed by atoms with van der Waals surface area (Å²) in [4.78, 5) is 0. The molecule has 0 aliphatic heterocycles. The highest BCUT2D eigenvalue weighted by atomic mass is 35.5. The summed E-state index contributed by atoms with van der Waals surface area (Å²) >= 11 is 19.0. The molecule has 1 aliphatic carbocycles. The highest BCUT2D eigenvalue weighted by Crippen LogP contribution is 2.53. The molecule has 1 saturated carbocycles. The summed E-state index contributed by atoms with van der Waals surface area (Å²) in [5, 5.41) is 15.6. The fraction of sp³-hybridized carbons (Fsp3) is 0.207. The van der Waals surface area contributed by atoms with Crippen LogP contribution in [0.4, 0.5) is 0 Å². The van der Waals surface area contributed by atoms with Crippen LogP contribution in [-0.2, 0) is 11.8 Å². The Labute approximate surface area is 235 Å². The first-order valence-corrected chi connectivity index (χ1v) is 13.4. The summed E-state index contributed by atoms with van der Waals surface area (Å²) in [6.07, 6.45) is 2.55. The van der Waals surface area contributed by atoms with Crippen molar-refractivity contribution in [3.05, 3.63) is 98.8 Å². The fourth-order valence-electron chi connectivity index (χ4n) is 4.86.